The van der Waals surface area contributed by atoms with Gasteiger partial charge in [0.05, 0.1) is 0 Å². The zero-order chi connectivity index (χ0) is 9.31. The smallest absolute Gasteiger partial charge is 0.0492 e. The SMILES string of the molecule is CC[C@@]1(CO)[C@@H]2CCC#CCC[C@@H]21. The predicted molar refractivity (Wildman–Crippen MR) is 53.0 cm³/mol. The van der Waals surface area contributed by atoms with Crippen LogP contribution in [0, 0.1) is 29.1 Å². The van der Waals surface area contributed by atoms with E-state index < -0.39 is 0 Å². The molecule has 0 radical (unpaired) electrons. The van der Waals surface area contributed by atoms with E-state index in [-0.39, 0.29) is 5.41 Å². The average Bonchev–Trinajstić information content (AvgIpc) is 2.71. The maximum atomic E-state index is 9.43. The molecule has 2 aliphatic rings. The van der Waals surface area contributed by atoms with Gasteiger partial charge in [-0.15, -0.1) is 11.8 Å². The molecule has 1 fully saturated rings. The number of aliphatic hydroxyl groups is 1. The number of fused-ring (bicyclic) bond motifs is 1. The molecule has 1 nitrogen and oxygen atoms in total. The molecule has 13 heavy (non-hydrogen) atoms. The summed E-state index contributed by atoms with van der Waals surface area (Å²) in [5, 5.41) is 9.43. The van der Waals surface area contributed by atoms with E-state index in [4.69, 9.17) is 0 Å². The van der Waals surface area contributed by atoms with Crippen LogP contribution in [0.2, 0.25) is 0 Å². The lowest BCUT2D eigenvalue weighted by Gasteiger charge is -2.11. The normalized spacial score (nSPS) is 42.3. The van der Waals surface area contributed by atoms with Crippen molar-refractivity contribution in [3.63, 3.8) is 0 Å². The molecular weight excluding hydrogens is 160 g/mol. The molecule has 2 aliphatic carbocycles. The molecule has 0 aromatic heterocycles. The molecule has 0 aromatic rings. The highest BCUT2D eigenvalue weighted by atomic mass is 16.3. The van der Waals surface area contributed by atoms with Gasteiger partial charge in [0.15, 0.2) is 0 Å². The Morgan fingerprint density at radius 2 is 1.77 bits per heavy atom. The Balaban J connectivity index is 2.06. The monoisotopic (exact) mass is 178 g/mol. The summed E-state index contributed by atoms with van der Waals surface area (Å²) in [6.45, 7) is 2.60. The van der Waals surface area contributed by atoms with Crippen LogP contribution in [0.3, 0.4) is 0 Å². The van der Waals surface area contributed by atoms with Crippen molar-refractivity contribution in [1.82, 2.24) is 0 Å². The van der Waals surface area contributed by atoms with Gasteiger partial charge in [-0.1, -0.05) is 6.92 Å². The van der Waals surface area contributed by atoms with Gasteiger partial charge < -0.3 is 5.11 Å². The largest absolute Gasteiger partial charge is 0.396 e. The third-order valence-electron chi connectivity index (χ3n) is 4.09. The van der Waals surface area contributed by atoms with E-state index >= 15 is 0 Å². The zero-order valence-corrected chi connectivity index (χ0v) is 8.34. The van der Waals surface area contributed by atoms with Gasteiger partial charge in [-0.2, -0.15) is 0 Å². The van der Waals surface area contributed by atoms with E-state index in [1.807, 2.05) is 0 Å². The van der Waals surface area contributed by atoms with Crippen molar-refractivity contribution >= 4 is 0 Å². The molecule has 0 saturated heterocycles. The van der Waals surface area contributed by atoms with Gasteiger partial charge in [-0.3, -0.25) is 0 Å². The van der Waals surface area contributed by atoms with Crippen molar-refractivity contribution < 1.29 is 5.11 Å². The fourth-order valence-corrected chi connectivity index (χ4v) is 3.15. The van der Waals surface area contributed by atoms with Crippen LogP contribution in [-0.2, 0) is 0 Å². The predicted octanol–water partition coefficient (Wildman–Crippen LogP) is 2.20. The molecule has 0 bridgehead atoms. The van der Waals surface area contributed by atoms with Gasteiger partial charge in [0.25, 0.3) is 0 Å². The Bertz CT molecular complexity index is 222. The lowest BCUT2D eigenvalue weighted by Crippen LogP contribution is -2.10. The fraction of sp³-hybridized carbons (Fsp3) is 0.833. The molecule has 3 atom stereocenters. The van der Waals surface area contributed by atoms with Gasteiger partial charge in [0.2, 0.25) is 0 Å². The van der Waals surface area contributed by atoms with E-state index in [1.54, 1.807) is 0 Å². The molecule has 1 heteroatoms. The van der Waals surface area contributed by atoms with Crippen LogP contribution in [0.4, 0.5) is 0 Å². The maximum absolute atomic E-state index is 9.43. The molecule has 0 aromatic carbocycles. The van der Waals surface area contributed by atoms with Crippen molar-refractivity contribution in [1.29, 1.82) is 0 Å². The second-order valence-electron chi connectivity index (χ2n) is 4.39. The molecule has 72 valence electrons. The van der Waals surface area contributed by atoms with E-state index in [2.05, 4.69) is 18.8 Å². The van der Waals surface area contributed by atoms with Gasteiger partial charge in [0, 0.05) is 19.4 Å². The van der Waals surface area contributed by atoms with Crippen LogP contribution in [-0.4, -0.2) is 11.7 Å². The van der Waals surface area contributed by atoms with Crippen molar-refractivity contribution in [2.24, 2.45) is 17.3 Å². The number of hydrogen-bond acceptors (Lipinski definition) is 1. The molecule has 1 N–H and O–H groups in total. The highest BCUT2D eigenvalue weighted by molar-refractivity contribution is 5.14. The number of rotatable bonds is 2. The summed E-state index contributed by atoms with van der Waals surface area (Å²) in [6.07, 6.45) is 5.66. The van der Waals surface area contributed by atoms with Gasteiger partial charge in [0.1, 0.15) is 0 Å². The van der Waals surface area contributed by atoms with Gasteiger partial charge in [-0.05, 0) is 36.5 Å². The van der Waals surface area contributed by atoms with Crippen LogP contribution in [0.25, 0.3) is 0 Å². The summed E-state index contributed by atoms with van der Waals surface area (Å²) in [6, 6.07) is 0. The summed E-state index contributed by atoms with van der Waals surface area (Å²) in [4.78, 5) is 0. The van der Waals surface area contributed by atoms with Gasteiger partial charge >= 0.3 is 0 Å². The summed E-state index contributed by atoms with van der Waals surface area (Å²) in [5.41, 5.74) is 0.285. The van der Waals surface area contributed by atoms with Crippen LogP contribution >= 0.6 is 0 Å². The second-order valence-corrected chi connectivity index (χ2v) is 4.39. The Labute approximate surface area is 80.5 Å². The first-order valence-corrected chi connectivity index (χ1v) is 5.41. The van der Waals surface area contributed by atoms with E-state index in [1.165, 1.54) is 12.8 Å². The minimum Gasteiger partial charge on any atom is -0.396 e. The molecule has 1 saturated carbocycles. The van der Waals surface area contributed by atoms with Gasteiger partial charge in [-0.25, -0.2) is 0 Å². The maximum Gasteiger partial charge on any atom is 0.0492 e. The fourth-order valence-electron chi connectivity index (χ4n) is 3.15. The lowest BCUT2D eigenvalue weighted by molar-refractivity contribution is 0.182. The lowest BCUT2D eigenvalue weighted by atomic mass is 9.98. The van der Waals surface area contributed by atoms with Crippen molar-refractivity contribution in [3.05, 3.63) is 0 Å². The van der Waals surface area contributed by atoms with E-state index in [9.17, 15) is 5.11 Å². The molecule has 2 rings (SSSR count). The molecular formula is C12H18O. The minimum absolute atomic E-state index is 0.285. The number of hydrogen-bond donors (Lipinski definition) is 1. The van der Waals surface area contributed by atoms with Crippen LogP contribution in [0.1, 0.15) is 39.0 Å². The molecule has 0 unspecified atom stereocenters. The first-order chi connectivity index (χ1) is 6.35. The van der Waals surface area contributed by atoms with E-state index in [0.717, 1.165) is 31.1 Å². The second kappa shape index (κ2) is 3.35. The third kappa shape index (κ3) is 1.28. The summed E-state index contributed by atoms with van der Waals surface area (Å²) < 4.78 is 0. The van der Waals surface area contributed by atoms with Crippen LogP contribution in [0.15, 0.2) is 0 Å². The third-order valence-corrected chi connectivity index (χ3v) is 4.09. The molecule has 0 spiro atoms. The molecule has 0 heterocycles. The Morgan fingerprint density at radius 3 is 2.15 bits per heavy atom. The summed E-state index contributed by atoms with van der Waals surface area (Å²) in [5.74, 6) is 7.95. The molecule has 0 aliphatic heterocycles. The topological polar surface area (TPSA) is 20.2 Å². The Hall–Kier alpha value is -0.480. The summed E-state index contributed by atoms with van der Waals surface area (Å²) in [7, 11) is 0. The Kier molecular flexibility index (Phi) is 2.34. The highest BCUT2D eigenvalue weighted by Gasteiger charge is 2.61. The zero-order valence-electron chi connectivity index (χ0n) is 8.34. The highest BCUT2D eigenvalue weighted by Crippen LogP contribution is 2.64. The average molecular weight is 178 g/mol. The van der Waals surface area contributed by atoms with Crippen molar-refractivity contribution in [2.45, 2.75) is 39.0 Å². The summed E-state index contributed by atoms with van der Waals surface area (Å²) >= 11 is 0. The first-order valence-electron chi connectivity index (χ1n) is 5.41. The molecule has 0 amide bonds. The Morgan fingerprint density at radius 1 is 1.23 bits per heavy atom. The van der Waals surface area contributed by atoms with Crippen molar-refractivity contribution in [2.75, 3.05) is 6.61 Å². The number of aliphatic hydroxyl groups excluding tert-OH is 1. The minimum atomic E-state index is 0.285. The standard InChI is InChI=1S/C12H18O/c1-2-12(9-13)10-7-5-3-4-6-8-11(10)12/h10-11,13H,2,5-9H2,1H3/t10-,11+,12-. The van der Waals surface area contributed by atoms with Crippen LogP contribution in [0.5, 0.6) is 0 Å². The quantitative estimate of drug-likeness (QED) is 0.643. The first kappa shape index (κ1) is 9.09. The van der Waals surface area contributed by atoms with E-state index in [0.29, 0.717) is 6.61 Å². The van der Waals surface area contributed by atoms with Crippen molar-refractivity contribution in [3.8, 4) is 11.8 Å². The van der Waals surface area contributed by atoms with Crippen LogP contribution < -0.4 is 0 Å².